The Hall–Kier alpha value is -1.88. The molecule has 94 valence electrons. The van der Waals surface area contributed by atoms with Crippen molar-refractivity contribution in [1.82, 2.24) is 15.5 Å². The van der Waals surface area contributed by atoms with Gasteiger partial charge in [-0.05, 0) is 32.4 Å². The molecule has 1 aliphatic rings. The normalized spacial score (nSPS) is 23.4. The summed E-state index contributed by atoms with van der Waals surface area (Å²) in [5.74, 6) is 0.0158. The number of hydrogen-bond donors (Lipinski definition) is 3. The number of aromatic nitrogens is 2. The number of amides is 1. The molecule has 0 saturated carbocycles. The Morgan fingerprint density at radius 1 is 1.50 bits per heavy atom. The van der Waals surface area contributed by atoms with Gasteiger partial charge in [-0.1, -0.05) is 12.1 Å². The van der Waals surface area contributed by atoms with Crippen molar-refractivity contribution in [3.8, 4) is 0 Å². The van der Waals surface area contributed by atoms with Crippen LogP contribution in [0.5, 0.6) is 0 Å². The summed E-state index contributed by atoms with van der Waals surface area (Å²) >= 11 is 0. The van der Waals surface area contributed by atoms with E-state index in [9.17, 15) is 4.79 Å². The molecule has 1 aliphatic heterocycles. The highest BCUT2D eigenvalue weighted by molar-refractivity contribution is 6.04. The van der Waals surface area contributed by atoms with Gasteiger partial charge < -0.3 is 10.6 Å². The van der Waals surface area contributed by atoms with Crippen molar-refractivity contribution >= 4 is 22.5 Å². The fourth-order valence-electron chi connectivity index (χ4n) is 2.42. The zero-order valence-electron chi connectivity index (χ0n) is 10.3. The third-order valence-corrected chi connectivity index (χ3v) is 3.59. The number of carbonyl (C=O) groups excluding carboxylic acids is 1. The number of rotatable bonds is 2. The van der Waals surface area contributed by atoms with Crippen LogP contribution in [-0.2, 0) is 4.79 Å². The van der Waals surface area contributed by atoms with Crippen LogP contribution in [0.2, 0.25) is 0 Å². The number of anilines is 1. The van der Waals surface area contributed by atoms with Crippen molar-refractivity contribution in [3.63, 3.8) is 0 Å². The largest absolute Gasteiger partial charge is 0.323 e. The highest BCUT2D eigenvalue weighted by atomic mass is 16.2. The Balaban J connectivity index is 1.88. The first-order chi connectivity index (χ1) is 8.69. The van der Waals surface area contributed by atoms with E-state index in [1.165, 1.54) is 0 Å². The summed E-state index contributed by atoms with van der Waals surface area (Å²) in [6.45, 7) is 2.85. The monoisotopic (exact) mass is 244 g/mol. The van der Waals surface area contributed by atoms with Crippen LogP contribution < -0.4 is 10.6 Å². The number of nitrogens with one attached hydrogen (secondary N) is 3. The van der Waals surface area contributed by atoms with Gasteiger partial charge in [0.15, 0.2) is 0 Å². The van der Waals surface area contributed by atoms with E-state index in [0.29, 0.717) is 0 Å². The Morgan fingerprint density at radius 2 is 2.39 bits per heavy atom. The number of fused-ring (bicyclic) bond motifs is 1. The van der Waals surface area contributed by atoms with Gasteiger partial charge in [0.25, 0.3) is 0 Å². The van der Waals surface area contributed by atoms with E-state index in [4.69, 9.17) is 0 Å². The number of nitrogens with zero attached hydrogens (tertiary/aromatic N) is 1. The van der Waals surface area contributed by atoms with Gasteiger partial charge in [0.05, 0.1) is 22.9 Å². The van der Waals surface area contributed by atoms with E-state index in [1.54, 1.807) is 6.20 Å². The lowest BCUT2D eigenvalue weighted by Crippen LogP contribution is -2.47. The summed E-state index contributed by atoms with van der Waals surface area (Å²) in [5, 5.41) is 14.1. The molecule has 0 bridgehead atoms. The van der Waals surface area contributed by atoms with Crippen LogP contribution in [0.15, 0.2) is 24.4 Å². The predicted octanol–water partition coefficient (Wildman–Crippen LogP) is 1.64. The lowest BCUT2D eigenvalue weighted by Gasteiger charge is -2.23. The van der Waals surface area contributed by atoms with Gasteiger partial charge in [-0.25, -0.2) is 0 Å². The van der Waals surface area contributed by atoms with E-state index >= 15 is 0 Å². The fraction of sp³-hybridized carbons (Fsp3) is 0.385. The minimum atomic E-state index is -0.456. The summed E-state index contributed by atoms with van der Waals surface area (Å²) in [5.41, 5.74) is 1.19. The Morgan fingerprint density at radius 3 is 3.17 bits per heavy atom. The molecule has 5 nitrogen and oxygen atoms in total. The maximum Gasteiger partial charge on any atom is 0.244 e. The quantitative estimate of drug-likeness (QED) is 0.752. The van der Waals surface area contributed by atoms with Gasteiger partial charge >= 0.3 is 0 Å². The van der Waals surface area contributed by atoms with Crippen LogP contribution in [0.4, 0.5) is 5.69 Å². The summed E-state index contributed by atoms with van der Waals surface area (Å²) < 4.78 is 0. The van der Waals surface area contributed by atoms with Crippen LogP contribution in [0.25, 0.3) is 10.9 Å². The Bertz CT molecular complexity index is 583. The van der Waals surface area contributed by atoms with E-state index in [1.807, 2.05) is 25.1 Å². The second-order valence-corrected chi connectivity index (χ2v) is 4.96. The average Bonchev–Trinajstić information content (AvgIpc) is 2.98. The molecule has 2 aromatic rings. The van der Waals surface area contributed by atoms with Crippen LogP contribution >= 0.6 is 0 Å². The molecular formula is C13H16N4O. The minimum absolute atomic E-state index is 0.0158. The van der Waals surface area contributed by atoms with Gasteiger partial charge in [-0.3, -0.25) is 9.89 Å². The van der Waals surface area contributed by atoms with Crippen LogP contribution in [0.3, 0.4) is 0 Å². The standard InChI is InChI=1S/C13H16N4O/c1-13(6-3-7-14-13)12(18)16-10-5-2-4-9-8-15-17-11(9)10/h2,4-5,8,14H,3,6-7H2,1H3,(H,15,17)(H,16,18). The van der Waals surface area contributed by atoms with Crippen molar-refractivity contribution in [2.45, 2.75) is 25.3 Å². The molecule has 0 aliphatic carbocycles. The first-order valence-electron chi connectivity index (χ1n) is 6.18. The van der Waals surface area contributed by atoms with Crippen molar-refractivity contribution in [2.75, 3.05) is 11.9 Å². The molecule has 18 heavy (non-hydrogen) atoms. The van der Waals surface area contributed by atoms with E-state index in [0.717, 1.165) is 36.0 Å². The predicted molar refractivity (Wildman–Crippen MR) is 70.4 cm³/mol. The fourth-order valence-corrected chi connectivity index (χ4v) is 2.42. The first-order valence-corrected chi connectivity index (χ1v) is 6.18. The number of H-pyrrole nitrogens is 1. The third-order valence-electron chi connectivity index (χ3n) is 3.59. The Kier molecular flexibility index (Phi) is 2.56. The number of aromatic amines is 1. The van der Waals surface area contributed by atoms with Gasteiger partial charge in [0, 0.05) is 5.39 Å². The number of carbonyl (C=O) groups is 1. The smallest absolute Gasteiger partial charge is 0.244 e. The average molecular weight is 244 g/mol. The van der Waals surface area contributed by atoms with E-state index in [-0.39, 0.29) is 5.91 Å². The SMILES string of the molecule is CC1(C(=O)Nc2cccc3cn[nH]c23)CCCN1. The zero-order valence-corrected chi connectivity index (χ0v) is 10.3. The van der Waals surface area contributed by atoms with E-state index < -0.39 is 5.54 Å². The highest BCUT2D eigenvalue weighted by Crippen LogP contribution is 2.24. The zero-order chi connectivity index (χ0) is 12.6. The van der Waals surface area contributed by atoms with Crippen molar-refractivity contribution in [2.24, 2.45) is 0 Å². The van der Waals surface area contributed by atoms with Crippen LogP contribution in [0.1, 0.15) is 19.8 Å². The summed E-state index contributed by atoms with van der Waals surface area (Å²) in [4.78, 5) is 12.3. The lowest BCUT2D eigenvalue weighted by molar-refractivity contribution is -0.121. The molecule has 5 heteroatoms. The van der Waals surface area contributed by atoms with Gasteiger partial charge in [-0.15, -0.1) is 0 Å². The molecule has 1 atom stereocenters. The third kappa shape index (κ3) is 1.76. The topological polar surface area (TPSA) is 69.8 Å². The molecule has 0 spiro atoms. The maximum atomic E-state index is 12.3. The highest BCUT2D eigenvalue weighted by Gasteiger charge is 2.36. The van der Waals surface area contributed by atoms with Gasteiger partial charge in [0.1, 0.15) is 0 Å². The van der Waals surface area contributed by atoms with Crippen molar-refractivity contribution in [1.29, 1.82) is 0 Å². The van der Waals surface area contributed by atoms with Crippen molar-refractivity contribution in [3.05, 3.63) is 24.4 Å². The number of benzene rings is 1. The lowest BCUT2D eigenvalue weighted by atomic mass is 9.99. The molecule has 2 heterocycles. The molecule has 1 fully saturated rings. The number of para-hydroxylation sites is 1. The summed E-state index contributed by atoms with van der Waals surface area (Å²) in [7, 11) is 0. The second kappa shape index (κ2) is 4.10. The van der Waals surface area contributed by atoms with Gasteiger partial charge in [0.2, 0.25) is 5.91 Å². The Labute approximate surface area is 105 Å². The molecule has 1 amide bonds. The summed E-state index contributed by atoms with van der Waals surface area (Å²) in [6, 6.07) is 5.76. The molecule has 3 rings (SSSR count). The second-order valence-electron chi connectivity index (χ2n) is 4.96. The van der Waals surface area contributed by atoms with Gasteiger partial charge in [-0.2, -0.15) is 5.10 Å². The molecule has 0 radical (unpaired) electrons. The molecule has 3 N–H and O–H groups in total. The van der Waals surface area contributed by atoms with Crippen molar-refractivity contribution < 1.29 is 4.79 Å². The molecule has 1 unspecified atom stereocenters. The molecule has 1 aromatic heterocycles. The van der Waals surface area contributed by atoms with Crippen LogP contribution in [-0.4, -0.2) is 28.2 Å². The van der Waals surface area contributed by atoms with E-state index in [2.05, 4.69) is 20.8 Å². The number of hydrogen-bond acceptors (Lipinski definition) is 3. The minimum Gasteiger partial charge on any atom is -0.323 e. The van der Waals surface area contributed by atoms with Crippen LogP contribution in [0, 0.1) is 0 Å². The maximum absolute atomic E-state index is 12.3. The molecule has 1 aromatic carbocycles. The first kappa shape index (κ1) is 11.2. The summed E-state index contributed by atoms with van der Waals surface area (Å²) in [6.07, 6.45) is 3.66. The molecular weight excluding hydrogens is 228 g/mol. The molecule has 1 saturated heterocycles.